The third-order valence-corrected chi connectivity index (χ3v) is 4.62. The van der Waals surface area contributed by atoms with Crippen molar-refractivity contribution >= 4 is 18.1 Å². The van der Waals surface area contributed by atoms with E-state index in [-0.39, 0.29) is 5.91 Å². The van der Waals surface area contributed by atoms with Gasteiger partial charge in [0.2, 0.25) is 6.41 Å². The molecule has 136 valence electrons. The van der Waals surface area contributed by atoms with Crippen LogP contribution in [-0.2, 0) is 11.2 Å². The Balaban J connectivity index is 1.55. The van der Waals surface area contributed by atoms with Crippen LogP contribution in [0.5, 0.6) is 0 Å². The number of likely N-dealkylation sites (N-methyl/N-ethyl adjacent to an activating group) is 1. The number of nitrogens with zero attached hydrogens (tertiary/aromatic N) is 5. The van der Waals surface area contributed by atoms with Crippen molar-refractivity contribution in [1.82, 2.24) is 19.8 Å². The molecule has 26 heavy (non-hydrogen) atoms. The van der Waals surface area contributed by atoms with Crippen molar-refractivity contribution in [2.75, 3.05) is 44.7 Å². The SMILES string of the molecule is CN(CCc1ccncc1)c1ccc(C(=O)N2CCN(C=O)CC2)cn1. The van der Waals surface area contributed by atoms with Crippen molar-refractivity contribution in [1.29, 1.82) is 0 Å². The number of aromatic nitrogens is 2. The Bertz CT molecular complexity index is 727. The highest BCUT2D eigenvalue weighted by molar-refractivity contribution is 5.94. The summed E-state index contributed by atoms with van der Waals surface area (Å²) in [4.78, 5) is 37.3. The van der Waals surface area contributed by atoms with Crippen LogP contribution < -0.4 is 4.90 Å². The van der Waals surface area contributed by atoms with E-state index < -0.39 is 0 Å². The van der Waals surface area contributed by atoms with Crippen molar-refractivity contribution in [3.8, 4) is 0 Å². The molecule has 1 saturated heterocycles. The molecule has 1 aliphatic heterocycles. The maximum absolute atomic E-state index is 12.5. The lowest BCUT2D eigenvalue weighted by Crippen LogP contribution is -2.48. The van der Waals surface area contributed by atoms with Crippen molar-refractivity contribution in [3.05, 3.63) is 54.0 Å². The molecule has 2 aromatic rings. The quantitative estimate of drug-likeness (QED) is 0.727. The molecule has 7 heteroatoms. The molecule has 1 aliphatic rings. The van der Waals surface area contributed by atoms with E-state index in [0.717, 1.165) is 25.2 Å². The van der Waals surface area contributed by atoms with Gasteiger partial charge in [-0.05, 0) is 36.2 Å². The Morgan fingerprint density at radius 3 is 2.50 bits per heavy atom. The van der Waals surface area contributed by atoms with E-state index in [2.05, 4.69) is 14.9 Å². The average molecular weight is 353 g/mol. The fraction of sp³-hybridized carbons (Fsp3) is 0.368. The minimum absolute atomic E-state index is 0.0333. The fourth-order valence-electron chi connectivity index (χ4n) is 2.91. The zero-order valence-corrected chi connectivity index (χ0v) is 14.9. The molecular weight excluding hydrogens is 330 g/mol. The molecule has 3 heterocycles. The van der Waals surface area contributed by atoms with Gasteiger partial charge < -0.3 is 14.7 Å². The summed E-state index contributed by atoms with van der Waals surface area (Å²) in [6.07, 6.45) is 6.96. The first-order chi connectivity index (χ1) is 12.7. The summed E-state index contributed by atoms with van der Waals surface area (Å²) >= 11 is 0. The van der Waals surface area contributed by atoms with Crippen LogP contribution in [0.3, 0.4) is 0 Å². The number of carbonyl (C=O) groups is 2. The number of hydrogen-bond acceptors (Lipinski definition) is 5. The Labute approximate surface area is 153 Å². The van der Waals surface area contributed by atoms with Gasteiger partial charge in [0.15, 0.2) is 0 Å². The van der Waals surface area contributed by atoms with Crippen LogP contribution in [0.1, 0.15) is 15.9 Å². The second-order valence-corrected chi connectivity index (χ2v) is 6.37. The summed E-state index contributed by atoms with van der Waals surface area (Å²) in [5.41, 5.74) is 1.81. The molecule has 0 atom stereocenters. The van der Waals surface area contributed by atoms with Crippen LogP contribution in [0, 0.1) is 0 Å². The summed E-state index contributed by atoms with van der Waals surface area (Å²) in [5, 5.41) is 0. The molecule has 2 aromatic heterocycles. The molecule has 0 bridgehead atoms. The molecule has 0 N–H and O–H groups in total. The number of hydrogen-bond donors (Lipinski definition) is 0. The lowest BCUT2D eigenvalue weighted by atomic mass is 10.2. The second kappa shape index (κ2) is 8.42. The maximum atomic E-state index is 12.5. The topological polar surface area (TPSA) is 69.6 Å². The van der Waals surface area contributed by atoms with Gasteiger partial charge in [0.05, 0.1) is 5.56 Å². The van der Waals surface area contributed by atoms with E-state index in [1.807, 2.05) is 31.3 Å². The van der Waals surface area contributed by atoms with Gasteiger partial charge in [0.25, 0.3) is 5.91 Å². The number of anilines is 1. The first-order valence-electron chi connectivity index (χ1n) is 8.72. The molecule has 0 aliphatic carbocycles. The summed E-state index contributed by atoms with van der Waals surface area (Å²) in [5.74, 6) is 0.801. The molecule has 7 nitrogen and oxygen atoms in total. The van der Waals surface area contributed by atoms with Gasteiger partial charge in [-0.15, -0.1) is 0 Å². The van der Waals surface area contributed by atoms with Crippen LogP contribution in [0.2, 0.25) is 0 Å². The van der Waals surface area contributed by atoms with Gasteiger partial charge in [0.1, 0.15) is 5.82 Å². The summed E-state index contributed by atoms with van der Waals surface area (Å²) in [7, 11) is 1.99. The van der Waals surface area contributed by atoms with Gasteiger partial charge >= 0.3 is 0 Å². The summed E-state index contributed by atoms with van der Waals surface area (Å²) in [6, 6.07) is 7.71. The highest BCUT2D eigenvalue weighted by Gasteiger charge is 2.21. The second-order valence-electron chi connectivity index (χ2n) is 6.37. The number of amides is 2. The predicted molar refractivity (Wildman–Crippen MR) is 99.0 cm³/mol. The van der Waals surface area contributed by atoms with Crippen molar-refractivity contribution < 1.29 is 9.59 Å². The van der Waals surface area contributed by atoms with Crippen LogP contribution in [0.4, 0.5) is 5.82 Å². The van der Waals surface area contributed by atoms with Gasteiger partial charge in [-0.3, -0.25) is 14.6 Å². The van der Waals surface area contributed by atoms with E-state index in [1.54, 1.807) is 28.4 Å². The molecule has 2 amide bonds. The smallest absolute Gasteiger partial charge is 0.255 e. The number of piperazine rings is 1. The van der Waals surface area contributed by atoms with E-state index in [0.29, 0.717) is 31.7 Å². The fourth-order valence-corrected chi connectivity index (χ4v) is 2.91. The average Bonchev–Trinajstić information content (AvgIpc) is 2.72. The summed E-state index contributed by atoms with van der Waals surface area (Å²) in [6.45, 7) is 3.12. The lowest BCUT2D eigenvalue weighted by Gasteiger charge is -2.32. The standard InChI is InChI=1S/C19H23N5O2/c1-22(9-6-16-4-7-20-8-5-16)18-3-2-17(14-21-18)19(26)24-12-10-23(15-25)11-13-24/h2-5,7-8,14-15H,6,9-13H2,1H3. The van der Waals surface area contributed by atoms with Gasteiger partial charge in [0, 0.05) is 58.4 Å². The molecule has 3 rings (SSSR count). The van der Waals surface area contributed by atoms with Crippen LogP contribution in [0.25, 0.3) is 0 Å². The van der Waals surface area contributed by atoms with Crippen molar-refractivity contribution in [2.24, 2.45) is 0 Å². The Morgan fingerprint density at radius 1 is 1.15 bits per heavy atom. The van der Waals surface area contributed by atoms with Crippen LogP contribution in [0.15, 0.2) is 42.9 Å². The van der Waals surface area contributed by atoms with E-state index in [9.17, 15) is 9.59 Å². The number of rotatable bonds is 6. The van der Waals surface area contributed by atoms with Crippen LogP contribution >= 0.6 is 0 Å². The van der Waals surface area contributed by atoms with Gasteiger partial charge in [-0.25, -0.2) is 4.98 Å². The molecule has 0 aromatic carbocycles. The molecule has 0 unspecified atom stereocenters. The highest BCUT2D eigenvalue weighted by Crippen LogP contribution is 2.13. The molecule has 0 saturated carbocycles. The maximum Gasteiger partial charge on any atom is 0.255 e. The molecular formula is C19H23N5O2. The molecule has 0 spiro atoms. The third-order valence-electron chi connectivity index (χ3n) is 4.62. The highest BCUT2D eigenvalue weighted by atomic mass is 16.2. The van der Waals surface area contributed by atoms with Crippen LogP contribution in [-0.4, -0.2) is 71.9 Å². The molecule has 0 radical (unpaired) electrons. The predicted octanol–water partition coefficient (Wildman–Crippen LogP) is 1.07. The third kappa shape index (κ3) is 4.36. The van der Waals surface area contributed by atoms with E-state index in [1.165, 1.54) is 5.56 Å². The summed E-state index contributed by atoms with van der Waals surface area (Å²) < 4.78 is 0. The molecule has 1 fully saturated rings. The Kier molecular flexibility index (Phi) is 5.78. The van der Waals surface area contributed by atoms with E-state index >= 15 is 0 Å². The van der Waals surface area contributed by atoms with Crippen molar-refractivity contribution in [2.45, 2.75) is 6.42 Å². The zero-order chi connectivity index (χ0) is 18.4. The van der Waals surface area contributed by atoms with Gasteiger partial charge in [-0.2, -0.15) is 0 Å². The Morgan fingerprint density at radius 2 is 1.88 bits per heavy atom. The Hall–Kier alpha value is -2.96. The largest absolute Gasteiger partial charge is 0.359 e. The number of carbonyl (C=O) groups excluding carboxylic acids is 2. The first-order valence-corrected chi connectivity index (χ1v) is 8.72. The minimum Gasteiger partial charge on any atom is -0.359 e. The zero-order valence-electron chi connectivity index (χ0n) is 14.9. The van der Waals surface area contributed by atoms with Crippen molar-refractivity contribution in [3.63, 3.8) is 0 Å². The minimum atomic E-state index is -0.0333. The van der Waals surface area contributed by atoms with E-state index in [4.69, 9.17) is 0 Å². The monoisotopic (exact) mass is 353 g/mol. The lowest BCUT2D eigenvalue weighted by molar-refractivity contribution is -0.119. The normalized spacial score (nSPS) is 14.2. The first kappa shape index (κ1) is 17.8. The number of pyridine rings is 2. The van der Waals surface area contributed by atoms with Gasteiger partial charge in [-0.1, -0.05) is 0 Å².